The quantitative estimate of drug-likeness (QED) is 0.901. The number of hydrogen-bond donors (Lipinski definition) is 2. The van der Waals surface area contributed by atoms with Crippen molar-refractivity contribution in [3.63, 3.8) is 0 Å². The summed E-state index contributed by atoms with van der Waals surface area (Å²) < 4.78 is 0. The second kappa shape index (κ2) is 5.15. The minimum Gasteiger partial charge on any atom is -0.394 e. The van der Waals surface area contributed by atoms with Crippen molar-refractivity contribution in [1.29, 1.82) is 0 Å². The molecule has 1 saturated carbocycles. The van der Waals surface area contributed by atoms with Gasteiger partial charge >= 0.3 is 0 Å². The monoisotopic (exact) mass is 284 g/mol. The van der Waals surface area contributed by atoms with E-state index in [1.165, 1.54) is 12.8 Å². The fraction of sp³-hybridized carbons (Fsp3) is 0.500. The largest absolute Gasteiger partial charge is 0.394 e. The van der Waals surface area contributed by atoms with Crippen LogP contribution in [-0.4, -0.2) is 40.3 Å². The Labute approximate surface area is 124 Å². The number of benzene rings is 1. The molecule has 2 aromatic rings. The molecule has 5 heteroatoms. The number of fused-ring (bicyclic) bond motifs is 1. The van der Waals surface area contributed by atoms with Crippen LogP contribution in [0.1, 0.15) is 25.7 Å². The zero-order valence-corrected chi connectivity index (χ0v) is 12.0. The Morgan fingerprint density at radius 2 is 1.90 bits per heavy atom. The van der Waals surface area contributed by atoms with E-state index >= 15 is 0 Å². The molecule has 1 aliphatic carbocycles. The molecule has 2 aliphatic rings. The molecule has 0 amide bonds. The van der Waals surface area contributed by atoms with Crippen molar-refractivity contribution in [3.05, 3.63) is 24.3 Å². The molecular weight excluding hydrogens is 264 g/mol. The van der Waals surface area contributed by atoms with Crippen LogP contribution in [0.5, 0.6) is 0 Å². The normalized spacial score (nSPS) is 22.0. The van der Waals surface area contributed by atoms with Crippen molar-refractivity contribution in [2.24, 2.45) is 0 Å². The van der Waals surface area contributed by atoms with E-state index in [1.807, 2.05) is 24.3 Å². The van der Waals surface area contributed by atoms with Crippen LogP contribution in [0.3, 0.4) is 0 Å². The van der Waals surface area contributed by atoms with Gasteiger partial charge in [0.2, 0.25) is 0 Å². The van der Waals surface area contributed by atoms with Crippen LogP contribution < -0.4 is 10.2 Å². The van der Waals surface area contributed by atoms with E-state index < -0.39 is 0 Å². The van der Waals surface area contributed by atoms with E-state index in [0.717, 1.165) is 42.1 Å². The summed E-state index contributed by atoms with van der Waals surface area (Å²) in [5.74, 6) is 1.77. The van der Waals surface area contributed by atoms with Gasteiger partial charge in [-0.05, 0) is 37.8 Å². The Morgan fingerprint density at radius 3 is 2.62 bits per heavy atom. The Morgan fingerprint density at radius 1 is 1.14 bits per heavy atom. The summed E-state index contributed by atoms with van der Waals surface area (Å²) in [5.41, 5.74) is 1.83. The highest BCUT2D eigenvalue weighted by Crippen LogP contribution is 2.33. The minimum absolute atomic E-state index is 0.167. The molecule has 21 heavy (non-hydrogen) atoms. The van der Waals surface area contributed by atoms with Crippen LogP contribution in [0, 0.1) is 0 Å². The second-order valence-electron chi connectivity index (χ2n) is 5.98. The number of aliphatic hydroxyl groups excluding tert-OH is 1. The lowest BCUT2D eigenvalue weighted by molar-refractivity contribution is 0.266. The standard InChI is InChI=1S/C16H20N4O/c21-10-12-4-3-9-20(12)16-15(17-11-7-8-11)18-13-5-1-2-6-14(13)19-16/h1-2,5-6,11-12,21H,3-4,7-10H2,(H,17,18). The fourth-order valence-corrected chi connectivity index (χ4v) is 3.01. The average Bonchev–Trinajstić information content (AvgIpc) is 3.20. The highest BCUT2D eigenvalue weighted by molar-refractivity contribution is 5.80. The third-order valence-corrected chi connectivity index (χ3v) is 4.33. The first-order valence-electron chi connectivity index (χ1n) is 7.76. The molecule has 110 valence electrons. The maximum Gasteiger partial charge on any atom is 0.172 e. The zero-order chi connectivity index (χ0) is 14.2. The highest BCUT2D eigenvalue weighted by Gasteiger charge is 2.30. The van der Waals surface area contributed by atoms with Gasteiger partial charge in [-0.25, -0.2) is 9.97 Å². The van der Waals surface area contributed by atoms with Crippen molar-refractivity contribution in [2.45, 2.75) is 37.8 Å². The summed E-state index contributed by atoms with van der Waals surface area (Å²) in [4.78, 5) is 11.8. The molecule has 1 aromatic heterocycles. The van der Waals surface area contributed by atoms with Gasteiger partial charge in [0.1, 0.15) is 0 Å². The maximum atomic E-state index is 9.59. The lowest BCUT2D eigenvalue weighted by atomic mass is 10.2. The summed E-state index contributed by atoms with van der Waals surface area (Å²) in [6.45, 7) is 1.12. The first-order chi connectivity index (χ1) is 10.3. The number of anilines is 2. The maximum absolute atomic E-state index is 9.59. The third kappa shape index (κ3) is 2.42. The van der Waals surface area contributed by atoms with Gasteiger partial charge in [0.05, 0.1) is 23.7 Å². The van der Waals surface area contributed by atoms with E-state index in [1.54, 1.807) is 0 Å². The predicted octanol–water partition coefficient (Wildman–Crippen LogP) is 2.17. The van der Waals surface area contributed by atoms with Crippen LogP contribution in [-0.2, 0) is 0 Å². The first kappa shape index (κ1) is 12.8. The molecule has 0 spiro atoms. The second-order valence-corrected chi connectivity index (χ2v) is 5.98. The Bertz CT molecular complexity index is 656. The van der Waals surface area contributed by atoms with E-state index in [2.05, 4.69) is 10.2 Å². The van der Waals surface area contributed by atoms with Gasteiger partial charge in [0.15, 0.2) is 11.6 Å². The fourth-order valence-electron chi connectivity index (χ4n) is 3.01. The number of hydrogen-bond acceptors (Lipinski definition) is 5. The SMILES string of the molecule is OCC1CCCN1c1nc2ccccc2nc1NC1CC1. The van der Waals surface area contributed by atoms with Crippen LogP contribution in [0.15, 0.2) is 24.3 Å². The van der Waals surface area contributed by atoms with Crippen LogP contribution in [0.2, 0.25) is 0 Å². The van der Waals surface area contributed by atoms with Gasteiger partial charge in [-0.2, -0.15) is 0 Å². The summed E-state index contributed by atoms with van der Waals surface area (Å²) >= 11 is 0. The van der Waals surface area contributed by atoms with Gasteiger partial charge in [-0.3, -0.25) is 0 Å². The lowest BCUT2D eigenvalue weighted by Crippen LogP contribution is -2.33. The van der Waals surface area contributed by atoms with Gasteiger partial charge < -0.3 is 15.3 Å². The number of rotatable bonds is 4. The molecule has 1 unspecified atom stereocenters. The van der Waals surface area contributed by atoms with E-state index in [0.29, 0.717) is 6.04 Å². The smallest absolute Gasteiger partial charge is 0.172 e. The van der Waals surface area contributed by atoms with Crippen molar-refractivity contribution < 1.29 is 5.11 Å². The Balaban J connectivity index is 1.79. The first-order valence-corrected chi connectivity index (χ1v) is 7.76. The molecule has 1 aromatic carbocycles. The summed E-state index contributed by atoms with van der Waals surface area (Å²) in [7, 11) is 0. The number of nitrogens with zero attached hydrogens (tertiary/aromatic N) is 3. The molecule has 1 saturated heterocycles. The highest BCUT2D eigenvalue weighted by atomic mass is 16.3. The van der Waals surface area contributed by atoms with E-state index in [9.17, 15) is 5.11 Å². The molecule has 4 rings (SSSR count). The molecular formula is C16H20N4O. The Kier molecular flexibility index (Phi) is 3.15. The molecule has 1 atom stereocenters. The number of aliphatic hydroxyl groups is 1. The number of para-hydroxylation sites is 2. The number of aromatic nitrogens is 2. The van der Waals surface area contributed by atoms with Crippen LogP contribution in [0.25, 0.3) is 11.0 Å². The summed E-state index contributed by atoms with van der Waals surface area (Å²) in [5, 5.41) is 13.1. The molecule has 2 fully saturated rings. The molecule has 2 N–H and O–H groups in total. The summed E-state index contributed by atoms with van der Waals surface area (Å²) in [6, 6.07) is 8.68. The van der Waals surface area contributed by atoms with Crippen molar-refractivity contribution in [3.8, 4) is 0 Å². The Hall–Kier alpha value is -1.88. The van der Waals surface area contributed by atoms with Gasteiger partial charge in [-0.15, -0.1) is 0 Å². The van der Waals surface area contributed by atoms with Crippen LogP contribution in [0.4, 0.5) is 11.6 Å². The topological polar surface area (TPSA) is 61.3 Å². The molecule has 2 heterocycles. The van der Waals surface area contributed by atoms with E-state index in [-0.39, 0.29) is 12.6 Å². The summed E-state index contributed by atoms with van der Waals surface area (Å²) in [6.07, 6.45) is 4.53. The minimum atomic E-state index is 0.167. The van der Waals surface area contributed by atoms with Crippen molar-refractivity contribution in [2.75, 3.05) is 23.4 Å². The molecule has 5 nitrogen and oxygen atoms in total. The molecule has 0 bridgehead atoms. The van der Waals surface area contributed by atoms with Gasteiger partial charge in [0, 0.05) is 12.6 Å². The lowest BCUT2D eigenvalue weighted by Gasteiger charge is -2.26. The molecule has 1 aliphatic heterocycles. The van der Waals surface area contributed by atoms with Gasteiger partial charge in [-0.1, -0.05) is 12.1 Å². The zero-order valence-electron chi connectivity index (χ0n) is 12.0. The molecule has 0 radical (unpaired) electrons. The third-order valence-electron chi connectivity index (χ3n) is 4.33. The van der Waals surface area contributed by atoms with E-state index in [4.69, 9.17) is 9.97 Å². The number of nitrogens with one attached hydrogen (secondary N) is 1. The van der Waals surface area contributed by atoms with Crippen molar-refractivity contribution >= 4 is 22.7 Å². The van der Waals surface area contributed by atoms with Crippen molar-refractivity contribution in [1.82, 2.24) is 9.97 Å². The van der Waals surface area contributed by atoms with Gasteiger partial charge in [0.25, 0.3) is 0 Å². The van der Waals surface area contributed by atoms with Crippen LogP contribution >= 0.6 is 0 Å². The average molecular weight is 284 g/mol. The predicted molar refractivity (Wildman–Crippen MR) is 83.6 cm³/mol.